The van der Waals surface area contributed by atoms with Gasteiger partial charge in [-0.2, -0.15) is 0 Å². The van der Waals surface area contributed by atoms with Gasteiger partial charge in [0.2, 0.25) is 0 Å². The zero-order chi connectivity index (χ0) is 13.8. The van der Waals surface area contributed by atoms with Crippen LogP contribution in [0.3, 0.4) is 0 Å². The number of benzene rings is 1. The quantitative estimate of drug-likeness (QED) is 0.604. The fraction of sp³-hybridized carbons (Fsp3) is 0.562. The van der Waals surface area contributed by atoms with E-state index < -0.39 is 0 Å². The van der Waals surface area contributed by atoms with Crippen molar-refractivity contribution in [2.75, 3.05) is 19.3 Å². The van der Waals surface area contributed by atoms with Crippen LogP contribution in [0.4, 0.5) is 0 Å². The van der Waals surface area contributed by atoms with Crippen molar-refractivity contribution >= 4 is 17.5 Å². The van der Waals surface area contributed by atoms with Gasteiger partial charge in [-0.1, -0.05) is 26.0 Å². The van der Waals surface area contributed by atoms with E-state index in [1.165, 1.54) is 17.7 Å². The van der Waals surface area contributed by atoms with Crippen molar-refractivity contribution in [3.8, 4) is 0 Å². The fourth-order valence-corrected chi connectivity index (χ4v) is 3.26. The molecule has 1 aromatic carbocycles. The Morgan fingerprint density at radius 3 is 2.63 bits per heavy atom. The number of carbonyl (C=O) groups is 1. The van der Waals surface area contributed by atoms with E-state index in [0.717, 1.165) is 12.1 Å². The van der Waals surface area contributed by atoms with Gasteiger partial charge in [-0.3, -0.25) is 9.69 Å². The zero-order valence-corrected chi connectivity index (χ0v) is 12.9. The molecule has 1 aliphatic rings. The van der Waals surface area contributed by atoms with E-state index in [9.17, 15) is 4.79 Å². The number of rotatable bonds is 5. The molecule has 19 heavy (non-hydrogen) atoms. The number of likely N-dealkylation sites (tertiary alicyclic amines) is 1. The third kappa shape index (κ3) is 3.61. The number of nitrogens with zero attached hydrogens (tertiary/aromatic N) is 1. The van der Waals surface area contributed by atoms with Gasteiger partial charge in [0, 0.05) is 16.5 Å². The van der Waals surface area contributed by atoms with E-state index in [1.54, 1.807) is 11.8 Å². The molecule has 2 nitrogen and oxygen atoms in total. The van der Waals surface area contributed by atoms with E-state index in [2.05, 4.69) is 18.7 Å². The van der Waals surface area contributed by atoms with Crippen LogP contribution in [0.1, 0.15) is 37.0 Å². The molecule has 3 heteroatoms. The Labute approximate surface area is 120 Å². The highest BCUT2D eigenvalue weighted by atomic mass is 32.2. The van der Waals surface area contributed by atoms with Crippen molar-refractivity contribution in [1.82, 2.24) is 4.90 Å². The van der Waals surface area contributed by atoms with E-state index in [0.29, 0.717) is 18.5 Å². The van der Waals surface area contributed by atoms with Crippen LogP contribution in [0.15, 0.2) is 29.2 Å². The average Bonchev–Trinajstić information content (AvgIpc) is 2.87. The van der Waals surface area contributed by atoms with Crippen LogP contribution in [0.25, 0.3) is 0 Å². The van der Waals surface area contributed by atoms with E-state index in [-0.39, 0.29) is 5.78 Å². The summed E-state index contributed by atoms with van der Waals surface area (Å²) < 4.78 is 0. The van der Waals surface area contributed by atoms with Crippen LogP contribution >= 0.6 is 11.8 Å². The van der Waals surface area contributed by atoms with Crippen molar-refractivity contribution in [3.05, 3.63) is 29.8 Å². The summed E-state index contributed by atoms with van der Waals surface area (Å²) in [6.07, 6.45) is 4.51. The van der Waals surface area contributed by atoms with Gasteiger partial charge in [0.25, 0.3) is 0 Å². The predicted molar refractivity (Wildman–Crippen MR) is 82.0 cm³/mol. The molecule has 0 radical (unpaired) electrons. The number of carbonyl (C=O) groups excluding carboxylic acids is 1. The normalized spacial score (nSPS) is 20.1. The summed E-state index contributed by atoms with van der Waals surface area (Å²) in [5.74, 6) is 0.884. The van der Waals surface area contributed by atoms with Crippen molar-refractivity contribution < 1.29 is 4.79 Å². The van der Waals surface area contributed by atoms with E-state index in [4.69, 9.17) is 0 Å². The first-order chi connectivity index (χ1) is 9.11. The summed E-state index contributed by atoms with van der Waals surface area (Å²) >= 11 is 1.70. The van der Waals surface area contributed by atoms with Crippen LogP contribution in [0.5, 0.6) is 0 Å². The molecule has 0 saturated carbocycles. The molecule has 1 aliphatic heterocycles. The standard InChI is InChI=1S/C16H23NOS/c1-12(2)15-5-4-10-17(15)11-16(18)13-6-8-14(19-3)9-7-13/h6-9,12,15H,4-5,10-11H2,1-3H3. The van der Waals surface area contributed by atoms with Crippen LogP contribution in [-0.4, -0.2) is 36.1 Å². The summed E-state index contributed by atoms with van der Waals surface area (Å²) in [5, 5.41) is 0. The van der Waals surface area contributed by atoms with Gasteiger partial charge in [0.15, 0.2) is 5.78 Å². The minimum absolute atomic E-state index is 0.250. The number of thioether (sulfide) groups is 1. The van der Waals surface area contributed by atoms with Crippen molar-refractivity contribution in [3.63, 3.8) is 0 Å². The van der Waals surface area contributed by atoms with Gasteiger partial charge in [-0.25, -0.2) is 0 Å². The first-order valence-electron chi connectivity index (χ1n) is 7.03. The molecule has 1 aromatic rings. The fourth-order valence-electron chi connectivity index (χ4n) is 2.86. The lowest BCUT2D eigenvalue weighted by atomic mass is 10.0. The Morgan fingerprint density at radius 1 is 1.37 bits per heavy atom. The summed E-state index contributed by atoms with van der Waals surface area (Å²) in [6, 6.07) is 8.54. The Hall–Kier alpha value is -0.800. The molecule has 2 rings (SSSR count). The molecule has 0 aliphatic carbocycles. The summed E-state index contributed by atoms with van der Waals surface area (Å²) in [7, 11) is 0. The molecule has 0 amide bonds. The van der Waals surface area contributed by atoms with Crippen LogP contribution in [-0.2, 0) is 0 Å². The Morgan fingerprint density at radius 2 is 2.05 bits per heavy atom. The number of ketones is 1. The summed E-state index contributed by atoms with van der Waals surface area (Å²) in [6.45, 7) is 6.14. The second-order valence-corrected chi connectivity index (χ2v) is 6.46. The molecule has 0 bridgehead atoms. The SMILES string of the molecule is CSc1ccc(C(=O)CN2CCCC2C(C)C)cc1. The smallest absolute Gasteiger partial charge is 0.176 e. The minimum Gasteiger partial charge on any atom is -0.293 e. The molecule has 104 valence electrons. The highest BCUT2D eigenvalue weighted by Gasteiger charge is 2.28. The zero-order valence-electron chi connectivity index (χ0n) is 12.1. The molecule has 1 fully saturated rings. The summed E-state index contributed by atoms with van der Waals surface area (Å²) in [5.41, 5.74) is 0.840. The predicted octanol–water partition coefficient (Wildman–Crippen LogP) is 3.71. The lowest BCUT2D eigenvalue weighted by molar-refractivity contribution is 0.0904. The largest absolute Gasteiger partial charge is 0.293 e. The summed E-state index contributed by atoms with van der Waals surface area (Å²) in [4.78, 5) is 15.9. The maximum atomic E-state index is 12.3. The first kappa shape index (κ1) is 14.6. The number of Topliss-reactive ketones (excluding diaryl/α,β-unsaturated/α-hetero) is 1. The monoisotopic (exact) mass is 277 g/mol. The first-order valence-corrected chi connectivity index (χ1v) is 8.25. The average molecular weight is 277 g/mol. The molecular weight excluding hydrogens is 254 g/mol. The third-order valence-electron chi connectivity index (χ3n) is 3.94. The molecule has 1 saturated heterocycles. The van der Waals surface area contributed by atoms with Gasteiger partial charge in [0.1, 0.15) is 0 Å². The molecule has 1 unspecified atom stereocenters. The number of hydrogen-bond acceptors (Lipinski definition) is 3. The molecular formula is C16H23NOS. The highest BCUT2D eigenvalue weighted by Crippen LogP contribution is 2.24. The number of hydrogen-bond donors (Lipinski definition) is 0. The van der Waals surface area contributed by atoms with Crippen LogP contribution in [0.2, 0.25) is 0 Å². The second-order valence-electron chi connectivity index (χ2n) is 5.58. The van der Waals surface area contributed by atoms with Gasteiger partial charge in [-0.05, 0) is 43.7 Å². The Bertz CT molecular complexity index is 427. The van der Waals surface area contributed by atoms with Crippen LogP contribution in [0, 0.1) is 5.92 Å². The lowest BCUT2D eigenvalue weighted by Gasteiger charge is -2.26. The minimum atomic E-state index is 0.250. The van der Waals surface area contributed by atoms with E-state index >= 15 is 0 Å². The van der Waals surface area contributed by atoms with Gasteiger partial charge in [-0.15, -0.1) is 11.8 Å². The topological polar surface area (TPSA) is 20.3 Å². The van der Waals surface area contributed by atoms with Crippen molar-refractivity contribution in [2.24, 2.45) is 5.92 Å². The lowest BCUT2D eigenvalue weighted by Crippen LogP contribution is -2.37. The third-order valence-corrected chi connectivity index (χ3v) is 4.69. The van der Waals surface area contributed by atoms with Gasteiger partial charge in [0.05, 0.1) is 6.54 Å². The Balaban J connectivity index is 2.00. The molecule has 0 aromatic heterocycles. The molecule has 1 heterocycles. The molecule has 0 spiro atoms. The molecule has 0 N–H and O–H groups in total. The van der Waals surface area contributed by atoms with Crippen LogP contribution < -0.4 is 0 Å². The Kier molecular flexibility index (Phi) is 5.06. The van der Waals surface area contributed by atoms with Crippen molar-refractivity contribution in [1.29, 1.82) is 0 Å². The van der Waals surface area contributed by atoms with Gasteiger partial charge < -0.3 is 0 Å². The second kappa shape index (κ2) is 6.58. The highest BCUT2D eigenvalue weighted by molar-refractivity contribution is 7.98. The van der Waals surface area contributed by atoms with Gasteiger partial charge >= 0.3 is 0 Å². The maximum absolute atomic E-state index is 12.3. The molecule has 1 atom stereocenters. The van der Waals surface area contributed by atoms with Crippen molar-refractivity contribution in [2.45, 2.75) is 37.6 Å². The van der Waals surface area contributed by atoms with E-state index in [1.807, 2.05) is 30.5 Å². The maximum Gasteiger partial charge on any atom is 0.176 e.